The summed E-state index contributed by atoms with van der Waals surface area (Å²) >= 11 is 0. The van der Waals surface area contributed by atoms with Crippen LogP contribution >= 0.6 is 0 Å². The van der Waals surface area contributed by atoms with Crippen molar-refractivity contribution >= 4 is 5.91 Å². The second kappa shape index (κ2) is 6.80. The molecule has 0 spiro atoms. The Labute approximate surface area is 146 Å². The van der Waals surface area contributed by atoms with Gasteiger partial charge in [0.15, 0.2) is 0 Å². The largest absolute Gasteiger partial charge is 0.339 e. The number of benzene rings is 1. The Morgan fingerprint density at radius 2 is 1.96 bits per heavy atom. The second-order valence-electron chi connectivity index (χ2n) is 6.79. The number of rotatable bonds is 3. The number of hydrogen-bond acceptors (Lipinski definition) is 4. The molecule has 3 heterocycles. The maximum atomic E-state index is 12.5. The normalized spacial score (nSPS) is 20.5. The van der Waals surface area contributed by atoms with Crippen molar-refractivity contribution in [2.45, 2.75) is 32.0 Å². The molecule has 1 saturated heterocycles. The van der Waals surface area contributed by atoms with Crippen LogP contribution in [0.2, 0.25) is 0 Å². The van der Waals surface area contributed by atoms with Gasteiger partial charge in [-0.05, 0) is 30.0 Å². The van der Waals surface area contributed by atoms with Crippen molar-refractivity contribution in [1.82, 2.24) is 19.6 Å². The molecule has 130 valence electrons. The second-order valence-corrected chi connectivity index (χ2v) is 6.79. The Hall–Kier alpha value is -2.47. The molecule has 0 saturated carbocycles. The molecule has 2 aliphatic rings. The minimum absolute atomic E-state index is 0.0230. The first-order valence-electron chi connectivity index (χ1n) is 8.81. The van der Waals surface area contributed by atoms with Gasteiger partial charge < -0.3 is 4.90 Å². The quantitative estimate of drug-likeness (QED) is 0.834. The first-order chi connectivity index (χ1) is 12.2. The predicted molar refractivity (Wildman–Crippen MR) is 94.0 cm³/mol. The number of carbonyl (C=O) groups is 1. The summed E-state index contributed by atoms with van der Waals surface area (Å²) in [5.74, 6) is -0.0271. The van der Waals surface area contributed by atoms with E-state index in [0.29, 0.717) is 6.04 Å². The van der Waals surface area contributed by atoms with Crippen LogP contribution in [-0.4, -0.2) is 51.2 Å². The molecule has 0 aliphatic carbocycles. The minimum Gasteiger partial charge on any atom is -0.339 e. The molecule has 0 bridgehead atoms. The van der Waals surface area contributed by atoms with Crippen LogP contribution in [-0.2, 0) is 24.3 Å². The highest BCUT2D eigenvalue weighted by molar-refractivity contribution is 5.76. The molecular weight excluding hydrogens is 316 g/mol. The molecule has 6 nitrogen and oxygen atoms in total. The average molecular weight is 338 g/mol. The van der Waals surface area contributed by atoms with Crippen LogP contribution < -0.4 is 5.56 Å². The third-order valence-electron chi connectivity index (χ3n) is 5.26. The maximum Gasteiger partial charge on any atom is 0.267 e. The van der Waals surface area contributed by atoms with E-state index in [1.54, 1.807) is 6.07 Å². The molecule has 1 amide bonds. The van der Waals surface area contributed by atoms with E-state index in [-0.39, 0.29) is 18.0 Å². The lowest BCUT2D eigenvalue weighted by Crippen LogP contribution is -2.42. The zero-order chi connectivity index (χ0) is 17.2. The van der Waals surface area contributed by atoms with Crippen LogP contribution in [0.3, 0.4) is 0 Å². The van der Waals surface area contributed by atoms with E-state index in [4.69, 9.17) is 0 Å². The van der Waals surface area contributed by atoms with Gasteiger partial charge in [-0.3, -0.25) is 14.5 Å². The molecule has 1 aromatic heterocycles. The van der Waals surface area contributed by atoms with Crippen molar-refractivity contribution < 1.29 is 4.79 Å². The number of fused-ring (bicyclic) bond motifs is 1. The van der Waals surface area contributed by atoms with Gasteiger partial charge in [0.1, 0.15) is 6.54 Å². The van der Waals surface area contributed by atoms with Gasteiger partial charge in [-0.1, -0.05) is 24.3 Å². The Morgan fingerprint density at radius 3 is 2.80 bits per heavy atom. The molecule has 4 rings (SSSR count). The molecule has 2 aliphatic heterocycles. The Bertz CT molecular complexity index is 832. The Balaban J connectivity index is 1.38. The highest BCUT2D eigenvalue weighted by Crippen LogP contribution is 2.24. The first-order valence-corrected chi connectivity index (χ1v) is 8.81. The summed E-state index contributed by atoms with van der Waals surface area (Å²) in [4.78, 5) is 28.6. The highest BCUT2D eigenvalue weighted by Gasteiger charge is 2.32. The molecule has 1 aromatic carbocycles. The van der Waals surface area contributed by atoms with Crippen LogP contribution in [0.15, 0.2) is 47.4 Å². The van der Waals surface area contributed by atoms with Gasteiger partial charge >= 0.3 is 0 Å². The number of carbonyl (C=O) groups excluding carboxylic acids is 1. The van der Waals surface area contributed by atoms with Crippen molar-refractivity contribution in [3.63, 3.8) is 0 Å². The third-order valence-corrected chi connectivity index (χ3v) is 5.26. The fourth-order valence-corrected chi connectivity index (χ4v) is 3.83. The van der Waals surface area contributed by atoms with Crippen LogP contribution in [0.25, 0.3) is 0 Å². The van der Waals surface area contributed by atoms with Crippen molar-refractivity contribution in [2.24, 2.45) is 0 Å². The summed E-state index contributed by atoms with van der Waals surface area (Å²) in [7, 11) is 0. The smallest absolute Gasteiger partial charge is 0.267 e. The summed E-state index contributed by atoms with van der Waals surface area (Å²) < 4.78 is 1.23. The SMILES string of the molecule is O=C(Cn1ncccc1=O)N1CCC(N2CCc3ccccc3C2)C1. The molecular formula is C19H22N4O2. The number of aromatic nitrogens is 2. The van der Waals surface area contributed by atoms with Crippen molar-refractivity contribution in [2.75, 3.05) is 19.6 Å². The van der Waals surface area contributed by atoms with Crippen LogP contribution in [0.5, 0.6) is 0 Å². The zero-order valence-corrected chi connectivity index (χ0v) is 14.2. The highest BCUT2D eigenvalue weighted by atomic mass is 16.2. The van der Waals surface area contributed by atoms with Gasteiger partial charge in [-0.15, -0.1) is 0 Å². The van der Waals surface area contributed by atoms with E-state index in [1.165, 1.54) is 28.1 Å². The lowest BCUT2D eigenvalue weighted by atomic mass is 9.98. The number of amides is 1. The van der Waals surface area contributed by atoms with Gasteiger partial charge in [0.2, 0.25) is 5.91 Å². The summed E-state index contributed by atoms with van der Waals surface area (Å²) in [5, 5.41) is 3.97. The monoisotopic (exact) mass is 338 g/mol. The van der Waals surface area contributed by atoms with Gasteiger partial charge in [-0.25, -0.2) is 4.68 Å². The molecule has 0 N–H and O–H groups in total. The standard InChI is InChI=1S/C19H22N4O2/c24-18-6-3-9-20-23(18)14-19(25)22-11-8-17(13-22)21-10-7-15-4-1-2-5-16(15)12-21/h1-6,9,17H,7-8,10-14H2. The van der Waals surface area contributed by atoms with E-state index < -0.39 is 0 Å². The Morgan fingerprint density at radius 1 is 1.12 bits per heavy atom. The minimum atomic E-state index is -0.237. The van der Waals surface area contributed by atoms with Gasteiger partial charge in [0, 0.05) is 44.5 Å². The zero-order valence-electron chi connectivity index (χ0n) is 14.2. The number of hydrogen-bond donors (Lipinski definition) is 0. The first kappa shape index (κ1) is 16.0. The molecule has 1 fully saturated rings. The fourth-order valence-electron chi connectivity index (χ4n) is 3.83. The lowest BCUT2D eigenvalue weighted by molar-refractivity contribution is -0.131. The van der Waals surface area contributed by atoms with E-state index in [2.05, 4.69) is 34.3 Å². The van der Waals surface area contributed by atoms with Crippen molar-refractivity contribution in [3.8, 4) is 0 Å². The molecule has 2 aromatic rings. The van der Waals surface area contributed by atoms with Crippen LogP contribution in [0.4, 0.5) is 0 Å². The van der Waals surface area contributed by atoms with Crippen molar-refractivity contribution in [1.29, 1.82) is 0 Å². The third kappa shape index (κ3) is 3.35. The Kier molecular flexibility index (Phi) is 4.36. The van der Waals surface area contributed by atoms with E-state index in [1.807, 2.05) is 4.90 Å². The maximum absolute atomic E-state index is 12.5. The topological polar surface area (TPSA) is 58.4 Å². The van der Waals surface area contributed by atoms with Gasteiger partial charge in [0.25, 0.3) is 5.56 Å². The van der Waals surface area contributed by atoms with E-state index >= 15 is 0 Å². The summed E-state index contributed by atoms with van der Waals surface area (Å²) in [6.07, 6.45) is 3.60. The van der Waals surface area contributed by atoms with E-state index in [9.17, 15) is 9.59 Å². The summed E-state index contributed by atoms with van der Waals surface area (Å²) in [6.45, 7) is 3.52. The van der Waals surface area contributed by atoms with Crippen LogP contribution in [0, 0.1) is 0 Å². The fraction of sp³-hybridized carbons (Fsp3) is 0.421. The molecule has 25 heavy (non-hydrogen) atoms. The van der Waals surface area contributed by atoms with Gasteiger partial charge in [0.05, 0.1) is 0 Å². The summed E-state index contributed by atoms with van der Waals surface area (Å²) in [6, 6.07) is 12.0. The lowest BCUT2D eigenvalue weighted by Gasteiger charge is -2.33. The predicted octanol–water partition coefficient (Wildman–Crippen LogP) is 0.902. The van der Waals surface area contributed by atoms with Crippen LogP contribution in [0.1, 0.15) is 17.5 Å². The molecule has 1 atom stereocenters. The molecule has 0 radical (unpaired) electrons. The van der Waals surface area contributed by atoms with E-state index in [0.717, 1.165) is 39.0 Å². The number of likely N-dealkylation sites (tertiary alicyclic amines) is 1. The molecule has 6 heteroatoms. The van der Waals surface area contributed by atoms with Gasteiger partial charge in [-0.2, -0.15) is 5.10 Å². The summed E-state index contributed by atoms with van der Waals surface area (Å²) in [5.41, 5.74) is 2.61. The average Bonchev–Trinajstić information content (AvgIpc) is 3.13. The van der Waals surface area contributed by atoms with Crippen molar-refractivity contribution in [3.05, 3.63) is 64.1 Å². The number of nitrogens with zero attached hydrogens (tertiary/aromatic N) is 4. The molecule has 1 unspecified atom stereocenters.